The quantitative estimate of drug-likeness (QED) is 0.375. The fourth-order valence-electron chi connectivity index (χ4n) is 1.02. The monoisotopic (exact) mass is 169 g/mol. The van der Waals surface area contributed by atoms with E-state index in [-0.39, 0.29) is 5.91 Å². The lowest BCUT2D eigenvalue weighted by atomic mass is 10.1. The zero-order chi connectivity index (χ0) is 9.14. The minimum Gasteiger partial charge on any atom is -0.361 e. The van der Waals surface area contributed by atoms with Gasteiger partial charge in [0.15, 0.2) is 0 Å². The number of carbonyl (C=O) groups excluding carboxylic acids is 1. The lowest BCUT2D eigenvalue weighted by Gasteiger charge is -1.96. The first kappa shape index (κ1) is 8.73. The SMILES string of the molecule is CCc1noc(C)c1C(=O)NN. The number of rotatable bonds is 2. The van der Waals surface area contributed by atoms with Crippen molar-refractivity contribution in [2.75, 3.05) is 0 Å². The van der Waals surface area contributed by atoms with E-state index in [1.165, 1.54) is 0 Å². The van der Waals surface area contributed by atoms with Gasteiger partial charge in [0.05, 0.1) is 5.69 Å². The van der Waals surface area contributed by atoms with Gasteiger partial charge in [-0.15, -0.1) is 0 Å². The summed E-state index contributed by atoms with van der Waals surface area (Å²) in [6.07, 6.45) is 0.653. The standard InChI is InChI=1S/C7H11N3O2/c1-3-5-6(7(11)9-8)4(2)12-10-5/h3,8H2,1-2H3,(H,9,11). The van der Waals surface area contributed by atoms with Crippen molar-refractivity contribution in [2.24, 2.45) is 5.84 Å². The van der Waals surface area contributed by atoms with Crippen LogP contribution in [-0.2, 0) is 6.42 Å². The van der Waals surface area contributed by atoms with Crippen LogP contribution in [0.2, 0.25) is 0 Å². The maximum Gasteiger partial charge on any atom is 0.270 e. The molecule has 1 aromatic rings. The van der Waals surface area contributed by atoms with Gasteiger partial charge < -0.3 is 4.52 Å². The summed E-state index contributed by atoms with van der Waals surface area (Å²) in [6, 6.07) is 0. The predicted octanol–water partition coefficient (Wildman–Crippen LogP) is 0.149. The Bertz CT molecular complexity index is 293. The minimum atomic E-state index is -0.356. The Balaban J connectivity index is 3.10. The van der Waals surface area contributed by atoms with Gasteiger partial charge in [-0.2, -0.15) is 0 Å². The normalized spacial score (nSPS) is 9.92. The molecule has 1 amide bonds. The van der Waals surface area contributed by atoms with E-state index in [0.29, 0.717) is 23.4 Å². The topological polar surface area (TPSA) is 81.2 Å². The van der Waals surface area contributed by atoms with Crippen LogP contribution in [0.25, 0.3) is 0 Å². The van der Waals surface area contributed by atoms with Gasteiger partial charge >= 0.3 is 0 Å². The molecule has 0 fully saturated rings. The molecule has 0 aromatic carbocycles. The molecule has 0 aliphatic rings. The number of nitrogens with one attached hydrogen (secondary N) is 1. The lowest BCUT2D eigenvalue weighted by Crippen LogP contribution is -2.30. The van der Waals surface area contributed by atoms with Crippen LogP contribution in [0.4, 0.5) is 0 Å². The van der Waals surface area contributed by atoms with Gasteiger partial charge in [-0.1, -0.05) is 12.1 Å². The van der Waals surface area contributed by atoms with Gasteiger partial charge in [0.2, 0.25) is 0 Å². The van der Waals surface area contributed by atoms with Crippen LogP contribution < -0.4 is 11.3 Å². The summed E-state index contributed by atoms with van der Waals surface area (Å²) in [5, 5.41) is 3.71. The van der Waals surface area contributed by atoms with E-state index in [1.54, 1.807) is 6.92 Å². The van der Waals surface area contributed by atoms with E-state index in [1.807, 2.05) is 12.3 Å². The highest BCUT2D eigenvalue weighted by Crippen LogP contribution is 2.12. The summed E-state index contributed by atoms with van der Waals surface area (Å²) < 4.78 is 4.84. The van der Waals surface area contributed by atoms with E-state index in [2.05, 4.69) is 5.16 Å². The number of nitrogen functional groups attached to an aromatic ring is 1. The molecular weight excluding hydrogens is 158 g/mol. The first-order valence-electron chi connectivity index (χ1n) is 3.66. The van der Waals surface area contributed by atoms with Crippen molar-refractivity contribution in [2.45, 2.75) is 20.3 Å². The number of carbonyl (C=O) groups is 1. The zero-order valence-electron chi connectivity index (χ0n) is 7.05. The summed E-state index contributed by atoms with van der Waals surface area (Å²) in [7, 11) is 0. The Hall–Kier alpha value is -1.36. The molecule has 0 aliphatic heterocycles. The van der Waals surface area contributed by atoms with Gasteiger partial charge in [0, 0.05) is 0 Å². The number of aromatic nitrogens is 1. The van der Waals surface area contributed by atoms with Gasteiger partial charge in [-0.3, -0.25) is 10.2 Å². The van der Waals surface area contributed by atoms with E-state index in [4.69, 9.17) is 10.4 Å². The molecule has 0 unspecified atom stereocenters. The second kappa shape index (κ2) is 3.36. The Kier molecular flexibility index (Phi) is 2.44. The van der Waals surface area contributed by atoms with Crippen LogP contribution in [0.1, 0.15) is 28.7 Å². The molecular formula is C7H11N3O2. The van der Waals surface area contributed by atoms with E-state index in [0.717, 1.165) is 0 Å². The van der Waals surface area contributed by atoms with Crippen LogP contribution in [-0.4, -0.2) is 11.1 Å². The molecule has 1 rings (SSSR count). The van der Waals surface area contributed by atoms with Crippen LogP contribution in [0.15, 0.2) is 4.52 Å². The highest BCUT2D eigenvalue weighted by atomic mass is 16.5. The second-order valence-corrected chi connectivity index (χ2v) is 2.39. The highest BCUT2D eigenvalue weighted by molar-refractivity contribution is 5.95. The largest absolute Gasteiger partial charge is 0.361 e. The van der Waals surface area contributed by atoms with Gasteiger partial charge in [-0.25, -0.2) is 5.84 Å². The zero-order valence-corrected chi connectivity index (χ0v) is 7.05. The van der Waals surface area contributed by atoms with Crippen LogP contribution >= 0.6 is 0 Å². The van der Waals surface area contributed by atoms with Crippen molar-refractivity contribution in [3.05, 3.63) is 17.0 Å². The molecule has 0 aliphatic carbocycles. The highest BCUT2D eigenvalue weighted by Gasteiger charge is 2.17. The fourth-order valence-corrected chi connectivity index (χ4v) is 1.02. The number of aryl methyl sites for hydroxylation is 2. The third-order valence-corrected chi connectivity index (χ3v) is 1.63. The summed E-state index contributed by atoms with van der Waals surface area (Å²) in [5.41, 5.74) is 3.12. The van der Waals surface area contributed by atoms with Crippen molar-refractivity contribution in [1.29, 1.82) is 0 Å². The molecule has 0 atom stereocenters. The molecule has 0 saturated heterocycles. The number of hydrogen-bond donors (Lipinski definition) is 2. The number of hydrazine groups is 1. The van der Waals surface area contributed by atoms with Crippen LogP contribution in [0.5, 0.6) is 0 Å². The van der Waals surface area contributed by atoms with Gasteiger partial charge in [0.25, 0.3) is 5.91 Å². The Labute approximate surface area is 69.9 Å². The Morgan fingerprint density at radius 2 is 2.42 bits per heavy atom. The Morgan fingerprint density at radius 1 is 1.75 bits per heavy atom. The molecule has 0 bridgehead atoms. The third-order valence-electron chi connectivity index (χ3n) is 1.63. The molecule has 1 aromatic heterocycles. The molecule has 12 heavy (non-hydrogen) atoms. The Morgan fingerprint density at radius 3 is 2.92 bits per heavy atom. The number of nitrogens with two attached hydrogens (primary N) is 1. The maximum atomic E-state index is 11.1. The van der Waals surface area contributed by atoms with Crippen molar-refractivity contribution in [1.82, 2.24) is 10.6 Å². The molecule has 5 heteroatoms. The van der Waals surface area contributed by atoms with Crippen molar-refractivity contribution >= 4 is 5.91 Å². The van der Waals surface area contributed by atoms with Crippen LogP contribution in [0, 0.1) is 6.92 Å². The molecule has 0 radical (unpaired) electrons. The summed E-state index contributed by atoms with van der Waals surface area (Å²) >= 11 is 0. The molecule has 3 N–H and O–H groups in total. The van der Waals surface area contributed by atoms with E-state index in [9.17, 15) is 4.79 Å². The van der Waals surface area contributed by atoms with E-state index < -0.39 is 0 Å². The van der Waals surface area contributed by atoms with Crippen molar-refractivity contribution in [3.63, 3.8) is 0 Å². The summed E-state index contributed by atoms with van der Waals surface area (Å²) in [4.78, 5) is 11.1. The summed E-state index contributed by atoms with van der Waals surface area (Å²) in [5.74, 6) is 5.13. The van der Waals surface area contributed by atoms with Crippen molar-refractivity contribution in [3.8, 4) is 0 Å². The first-order valence-corrected chi connectivity index (χ1v) is 3.66. The maximum absolute atomic E-state index is 11.1. The van der Waals surface area contributed by atoms with Crippen molar-refractivity contribution < 1.29 is 9.32 Å². The third kappa shape index (κ3) is 1.31. The van der Waals surface area contributed by atoms with Crippen LogP contribution in [0.3, 0.4) is 0 Å². The minimum absolute atomic E-state index is 0.356. The second-order valence-electron chi connectivity index (χ2n) is 2.39. The average molecular weight is 169 g/mol. The molecule has 66 valence electrons. The summed E-state index contributed by atoms with van der Waals surface area (Å²) in [6.45, 7) is 3.57. The first-order chi connectivity index (χ1) is 5.70. The number of hydrogen-bond acceptors (Lipinski definition) is 4. The fraction of sp³-hybridized carbons (Fsp3) is 0.429. The lowest BCUT2D eigenvalue weighted by molar-refractivity contribution is 0.0951. The predicted molar refractivity (Wildman–Crippen MR) is 42.3 cm³/mol. The molecule has 0 spiro atoms. The van der Waals surface area contributed by atoms with Gasteiger partial charge in [0.1, 0.15) is 11.3 Å². The van der Waals surface area contributed by atoms with E-state index >= 15 is 0 Å². The number of amides is 1. The molecule has 5 nitrogen and oxygen atoms in total. The number of nitrogens with zero attached hydrogens (tertiary/aromatic N) is 1. The average Bonchev–Trinajstić information content (AvgIpc) is 2.45. The smallest absolute Gasteiger partial charge is 0.270 e. The molecule has 0 saturated carbocycles. The van der Waals surface area contributed by atoms with Gasteiger partial charge in [-0.05, 0) is 13.3 Å². The molecule has 1 heterocycles.